The lowest BCUT2D eigenvalue weighted by atomic mass is 9.85. The van der Waals surface area contributed by atoms with Crippen molar-refractivity contribution in [2.45, 2.75) is 32.6 Å². The van der Waals surface area contributed by atoms with Gasteiger partial charge < -0.3 is 10.4 Å². The molecule has 16 heavy (non-hydrogen) atoms. The second-order valence-corrected chi connectivity index (χ2v) is 4.99. The van der Waals surface area contributed by atoms with Crippen LogP contribution in [0.1, 0.15) is 35.4 Å². The highest BCUT2D eigenvalue weighted by molar-refractivity contribution is 6.32. The molecule has 1 aromatic carbocycles. The Bertz CT molecular complexity index is 371. The number of phenolic OH excluding ortho intramolecular Hbond substituents is 1. The first kappa shape index (κ1) is 11.7. The Morgan fingerprint density at radius 1 is 1.31 bits per heavy atom. The molecule has 1 fully saturated rings. The van der Waals surface area contributed by atoms with Crippen LogP contribution in [0, 0.1) is 13.8 Å². The van der Waals surface area contributed by atoms with Crippen LogP contribution in [0.5, 0.6) is 5.75 Å². The van der Waals surface area contributed by atoms with E-state index >= 15 is 0 Å². The van der Waals surface area contributed by atoms with Crippen molar-refractivity contribution in [1.82, 2.24) is 5.32 Å². The van der Waals surface area contributed by atoms with Crippen LogP contribution < -0.4 is 5.32 Å². The van der Waals surface area contributed by atoms with Gasteiger partial charge in [-0.1, -0.05) is 11.6 Å². The lowest BCUT2D eigenvalue weighted by Crippen LogP contribution is -2.27. The van der Waals surface area contributed by atoms with Crippen LogP contribution in [-0.4, -0.2) is 18.2 Å². The fourth-order valence-corrected chi connectivity index (χ4v) is 2.76. The van der Waals surface area contributed by atoms with Crippen molar-refractivity contribution in [2.75, 3.05) is 13.1 Å². The molecule has 1 saturated heterocycles. The zero-order valence-electron chi connectivity index (χ0n) is 9.81. The topological polar surface area (TPSA) is 32.3 Å². The van der Waals surface area contributed by atoms with Crippen molar-refractivity contribution >= 4 is 11.6 Å². The average molecular weight is 240 g/mol. The van der Waals surface area contributed by atoms with Crippen LogP contribution in [0.4, 0.5) is 0 Å². The number of aryl methyl sites for hydroxylation is 1. The maximum absolute atomic E-state index is 10.1. The van der Waals surface area contributed by atoms with Gasteiger partial charge in [0.2, 0.25) is 0 Å². The molecule has 0 bridgehead atoms. The van der Waals surface area contributed by atoms with Crippen molar-refractivity contribution in [3.8, 4) is 5.75 Å². The molecule has 2 rings (SSSR count). The molecule has 0 atom stereocenters. The first-order valence-corrected chi connectivity index (χ1v) is 6.18. The number of aromatic hydroxyl groups is 1. The van der Waals surface area contributed by atoms with Gasteiger partial charge in [0.15, 0.2) is 0 Å². The minimum atomic E-state index is 0.289. The summed E-state index contributed by atoms with van der Waals surface area (Å²) in [5.74, 6) is 0.732. The van der Waals surface area contributed by atoms with Gasteiger partial charge in [-0.25, -0.2) is 0 Å². The minimum Gasteiger partial charge on any atom is -0.506 e. The molecule has 1 heterocycles. The molecule has 1 aliphatic heterocycles. The fraction of sp³-hybridized carbons (Fsp3) is 0.538. The molecular weight excluding hydrogens is 222 g/mol. The van der Waals surface area contributed by atoms with E-state index in [9.17, 15) is 5.11 Å². The number of hydrogen-bond donors (Lipinski definition) is 2. The van der Waals surface area contributed by atoms with Crippen molar-refractivity contribution in [2.24, 2.45) is 0 Å². The van der Waals surface area contributed by atoms with E-state index in [2.05, 4.69) is 12.2 Å². The third-order valence-electron chi connectivity index (χ3n) is 3.57. The fourth-order valence-electron chi connectivity index (χ4n) is 2.50. The van der Waals surface area contributed by atoms with E-state index in [1.54, 1.807) is 0 Å². The molecule has 0 aliphatic carbocycles. The molecule has 0 amide bonds. The van der Waals surface area contributed by atoms with Crippen LogP contribution in [-0.2, 0) is 0 Å². The number of nitrogens with one attached hydrogen (secondary N) is 1. The summed E-state index contributed by atoms with van der Waals surface area (Å²) >= 11 is 6.04. The number of halogens is 1. The Balaban J connectivity index is 2.45. The summed E-state index contributed by atoms with van der Waals surface area (Å²) in [5.41, 5.74) is 3.41. The molecule has 0 spiro atoms. The van der Waals surface area contributed by atoms with E-state index in [0.717, 1.165) is 37.1 Å². The molecule has 0 aromatic heterocycles. The highest BCUT2D eigenvalue weighted by Crippen LogP contribution is 2.40. The summed E-state index contributed by atoms with van der Waals surface area (Å²) < 4.78 is 0. The molecule has 3 heteroatoms. The van der Waals surface area contributed by atoms with Gasteiger partial charge in [-0.2, -0.15) is 0 Å². The maximum Gasteiger partial charge on any atom is 0.137 e. The number of benzene rings is 1. The third-order valence-corrected chi connectivity index (χ3v) is 3.86. The summed E-state index contributed by atoms with van der Waals surface area (Å²) in [6, 6.07) is 1.84. The van der Waals surface area contributed by atoms with Gasteiger partial charge in [0.25, 0.3) is 0 Å². The van der Waals surface area contributed by atoms with Gasteiger partial charge in [0, 0.05) is 5.56 Å². The maximum atomic E-state index is 10.1. The normalized spacial score (nSPS) is 17.7. The summed E-state index contributed by atoms with van der Waals surface area (Å²) in [4.78, 5) is 0. The predicted octanol–water partition coefficient (Wildman–Crippen LogP) is 3.13. The van der Waals surface area contributed by atoms with Crippen molar-refractivity contribution < 1.29 is 5.11 Å². The summed E-state index contributed by atoms with van der Waals surface area (Å²) in [6.45, 7) is 6.16. The SMILES string of the molecule is Cc1cc(Cl)c(O)c(C2CCNCC2)c1C. The molecule has 0 unspecified atom stereocenters. The predicted molar refractivity (Wildman–Crippen MR) is 67.4 cm³/mol. The Labute approximate surface area is 102 Å². The van der Waals surface area contributed by atoms with Crippen LogP contribution in [0.15, 0.2) is 6.07 Å². The lowest BCUT2D eigenvalue weighted by molar-refractivity contribution is 0.423. The van der Waals surface area contributed by atoms with Gasteiger partial charge in [-0.15, -0.1) is 0 Å². The second-order valence-electron chi connectivity index (χ2n) is 4.59. The third kappa shape index (κ3) is 2.04. The van der Waals surface area contributed by atoms with E-state index in [0.29, 0.717) is 10.9 Å². The quantitative estimate of drug-likeness (QED) is 0.789. The van der Waals surface area contributed by atoms with Crippen molar-refractivity contribution in [3.05, 3.63) is 27.8 Å². The van der Waals surface area contributed by atoms with E-state index in [4.69, 9.17) is 11.6 Å². The second kappa shape index (κ2) is 4.64. The largest absolute Gasteiger partial charge is 0.506 e. The van der Waals surface area contributed by atoms with Gasteiger partial charge >= 0.3 is 0 Å². The zero-order chi connectivity index (χ0) is 11.7. The average Bonchev–Trinajstić information content (AvgIpc) is 2.28. The highest BCUT2D eigenvalue weighted by Gasteiger charge is 2.22. The Kier molecular flexibility index (Phi) is 3.41. The minimum absolute atomic E-state index is 0.289. The monoisotopic (exact) mass is 239 g/mol. The van der Waals surface area contributed by atoms with E-state index in [1.807, 2.05) is 13.0 Å². The summed E-state index contributed by atoms with van der Waals surface area (Å²) in [7, 11) is 0. The number of rotatable bonds is 1. The lowest BCUT2D eigenvalue weighted by Gasteiger charge is -2.26. The molecule has 2 N–H and O–H groups in total. The first-order valence-electron chi connectivity index (χ1n) is 5.80. The number of phenols is 1. The molecular formula is C13H18ClNO. The van der Waals surface area contributed by atoms with E-state index < -0.39 is 0 Å². The molecule has 88 valence electrons. The van der Waals surface area contributed by atoms with Gasteiger partial charge in [-0.3, -0.25) is 0 Å². The Hall–Kier alpha value is -0.730. The number of hydrogen-bond acceptors (Lipinski definition) is 2. The number of piperidine rings is 1. The molecule has 0 radical (unpaired) electrons. The van der Waals surface area contributed by atoms with Gasteiger partial charge in [-0.05, 0) is 62.9 Å². The first-order chi connectivity index (χ1) is 7.61. The van der Waals surface area contributed by atoms with Crippen LogP contribution in [0.2, 0.25) is 5.02 Å². The molecule has 1 aliphatic rings. The van der Waals surface area contributed by atoms with Crippen LogP contribution in [0.3, 0.4) is 0 Å². The smallest absolute Gasteiger partial charge is 0.137 e. The summed E-state index contributed by atoms with van der Waals surface area (Å²) in [6.07, 6.45) is 2.16. The molecule has 1 aromatic rings. The van der Waals surface area contributed by atoms with Crippen LogP contribution >= 0.6 is 11.6 Å². The van der Waals surface area contributed by atoms with E-state index in [-0.39, 0.29) is 5.75 Å². The molecule has 0 saturated carbocycles. The Morgan fingerprint density at radius 3 is 2.56 bits per heavy atom. The Morgan fingerprint density at radius 2 is 1.94 bits per heavy atom. The van der Waals surface area contributed by atoms with E-state index in [1.165, 1.54) is 5.56 Å². The van der Waals surface area contributed by atoms with Crippen molar-refractivity contribution in [1.29, 1.82) is 0 Å². The zero-order valence-corrected chi connectivity index (χ0v) is 10.6. The van der Waals surface area contributed by atoms with Crippen LogP contribution in [0.25, 0.3) is 0 Å². The van der Waals surface area contributed by atoms with Gasteiger partial charge in [0.1, 0.15) is 5.75 Å². The molecule has 2 nitrogen and oxygen atoms in total. The summed E-state index contributed by atoms with van der Waals surface area (Å²) in [5, 5.41) is 13.9. The standard InChI is InChI=1S/C13H18ClNO/c1-8-7-11(14)13(16)12(9(8)2)10-3-5-15-6-4-10/h7,10,15-16H,3-6H2,1-2H3. The van der Waals surface area contributed by atoms with Crippen molar-refractivity contribution in [3.63, 3.8) is 0 Å². The van der Waals surface area contributed by atoms with Gasteiger partial charge in [0.05, 0.1) is 5.02 Å². The highest BCUT2D eigenvalue weighted by atomic mass is 35.5.